The van der Waals surface area contributed by atoms with E-state index in [4.69, 9.17) is 10.5 Å². The molecule has 24 heavy (non-hydrogen) atoms. The molecule has 0 atom stereocenters. The van der Waals surface area contributed by atoms with Crippen LogP contribution in [0.3, 0.4) is 0 Å². The smallest absolute Gasteiger partial charge is 0.353 e. The summed E-state index contributed by atoms with van der Waals surface area (Å²) in [6.45, 7) is 5.19. The van der Waals surface area contributed by atoms with Gasteiger partial charge in [0.25, 0.3) is 0 Å². The minimum absolute atomic E-state index is 0.0268. The molecule has 2 aromatic rings. The van der Waals surface area contributed by atoms with E-state index in [0.29, 0.717) is 30.5 Å². The number of benzene rings is 1. The highest BCUT2D eigenvalue weighted by Crippen LogP contribution is 2.34. The first-order chi connectivity index (χ1) is 11.5. The summed E-state index contributed by atoms with van der Waals surface area (Å²) in [5.74, 6) is 0.710. The van der Waals surface area contributed by atoms with Crippen LogP contribution in [0, 0.1) is 10.1 Å². The molecule has 0 amide bonds. The SMILES string of the molecule is CCN(CC)c1nc(N)c([N+](=O)[O-])c(Nc2ccccc2OC)n1. The number of nitrogens with one attached hydrogen (secondary N) is 1. The molecule has 1 aromatic carbocycles. The van der Waals surface area contributed by atoms with Crippen LogP contribution in [0.4, 0.5) is 29.0 Å². The third-order valence-corrected chi connectivity index (χ3v) is 3.49. The molecule has 0 bridgehead atoms. The van der Waals surface area contributed by atoms with Gasteiger partial charge in [-0.25, -0.2) is 0 Å². The van der Waals surface area contributed by atoms with E-state index in [-0.39, 0.29) is 17.3 Å². The second-order valence-electron chi connectivity index (χ2n) is 4.86. The van der Waals surface area contributed by atoms with Crippen LogP contribution < -0.4 is 20.7 Å². The molecule has 1 aromatic heterocycles. The summed E-state index contributed by atoms with van der Waals surface area (Å²) in [4.78, 5) is 21.0. The second-order valence-corrected chi connectivity index (χ2v) is 4.86. The fourth-order valence-electron chi connectivity index (χ4n) is 2.25. The molecule has 0 spiro atoms. The maximum Gasteiger partial charge on any atom is 0.353 e. The van der Waals surface area contributed by atoms with Crippen LogP contribution >= 0.6 is 0 Å². The van der Waals surface area contributed by atoms with E-state index in [9.17, 15) is 10.1 Å². The van der Waals surface area contributed by atoms with Crippen molar-refractivity contribution in [1.82, 2.24) is 9.97 Å². The zero-order valence-corrected chi connectivity index (χ0v) is 13.8. The first kappa shape index (κ1) is 17.3. The highest BCUT2D eigenvalue weighted by Gasteiger charge is 2.25. The summed E-state index contributed by atoms with van der Waals surface area (Å²) in [6.07, 6.45) is 0. The third kappa shape index (κ3) is 3.45. The first-order valence-corrected chi connectivity index (χ1v) is 7.48. The predicted octanol–water partition coefficient (Wildman–Crippen LogP) is 2.57. The Morgan fingerprint density at radius 2 is 1.96 bits per heavy atom. The molecule has 0 fully saturated rings. The predicted molar refractivity (Wildman–Crippen MR) is 92.9 cm³/mol. The number of ether oxygens (including phenoxy) is 1. The number of anilines is 4. The minimum Gasteiger partial charge on any atom is -0.495 e. The van der Waals surface area contributed by atoms with Crippen LogP contribution in [-0.4, -0.2) is 35.1 Å². The fourth-order valence-corrected chi connectivity index (χ4v) is 2.25. The molecular formula is C15H20N6O3. The van der Waals surface area contributed by atoms with E-state index >= 15 is 0 Å². The molecule has 9 heteroatoms. The highest BCUT2D eigenvalue weighted by molar-refractivity contribution is 5.76. The lowest BCUT2D eigenvalue weighted by molar-refractivity contribution is -0.383. The fraction of sp³-hybridized carbons (Fsp3) is 0.333. The molecule has 0 saturated carbocycles. The summed E-state index contributed by atoms with van der Waals surface area (Å²) < 4.78 is 5.25. The van der Waals surface area contributed by atoms with Crippen molar-refractivity contribution in [2.24, 2.45) is 0 Å². The Morgan fingerprint density at radius 1 is 1.29 bits per heavy atom. The molecule has 0 aliphatic heterocycles. The van der Waals surface area contributed by atoms with Crippen molar-refractivity contribution >= 4 is 29.0 Å². The van der Waals surface area contributed by atoms with Crippen LogP contribution in [-0.2, 0) is 0 Å². The topological polar surface area (TPSA) is 119 Å². The van der Waals surface area contributed by atoms with E-state index in [2.05, 4.69) is 15.3 Å². The summed E-state index contributed by atoms with van der Waals surface area (Å²) in [5.41, 5.74) is 5.99. The van der Waals surface area contributed by atoms with Gasteiger partial charge in [0, 0.05) is 13.1 Å². The monoisotopic (exact) mass is 332 g/mol. The number of para-hydroxylation sites is 2. The van der Waals surface area contributed by atoms with Crippen molar-refractivity contribution in [2.75, 3.05) is 36.1 Å². The number of methoxy groups -OCH3 is 1. The van der Waals surface area contributed by atoms with Gasteiger partial charge in [0.05, 0.1) is 17.7 Å². The summed E-state index contributed by atoms with van der Waals surface area (Å²) in [5, 5.41) is 14.3. The van der Waals surface area contributed by atoms with Crippen molar-refractivity contribution in [3.05, 3.63) is 34.4 Å². The van der Waals surface area contributed by atoms with Gasteiger partial charge in [-0.05, 0) is 26.0 Å². The quantitative estimate of drug-likeness (QED) is 0.586. The lowest BCUT2D eigenvalue weighted by Gasteiger charge is -2.20. The molecule has 128 valence electrons. The normalized spacial score (nSPS) is 10.3. The Labute approximate surface area is 139 Å². The molecule has 0 radical (unpaired) electrons. The largest absolute Gasteiger partial charge is 0.495 e. The van der Waals surface area contributed by atoms with Crippen molar-refractivity contribution < 1.29 is 9.66 Å². The summed E-state index contributed by atoms with van der Waals surface area (Å²) in [6, 6.07) is 7.06. The Kier molecular flexibility index (Phi) is 5.35. The van der Waals surface area contributed by atoms with Crippen molar-refractivity contribution in [3.8, 4) is 5.75 Å². The standard InChI is InChI=1S/C15H20N6O3/c1-4-20(5-2)15-18-13(16)12(21(22)23)14(19-15)17-10-8-6-7-9-11(10)24-3/h6-9H,4-5H2,1-3H3,(H3,16,17,18,19). The van der Waals surface area contributed by atoms with Crippen LogP contribution in [0.2, 0.25) is 0 Å². The number of nitrogens with zero attached hydrogens (tertiary/aromatic N) is 4. The molecule has 0 aliphatic rings. The highest BCUT2D eigenvalue weighted by atomic mass is 16.6. The lowest BCUT2D eigenvalue weighted by Crippen LogP contribution is -2.25. The average Bonchev–Trinajstić information content (AvgIpc) is 2.55. The molecule has 0 aliphatic carbocycles. The molecule has 9 nitrogen and oxygen atoms in total. The second kappa shape index (κ2) is 7.44. The molecule has 0 saturated heterocycles. The van der Waals surface area contributed by atoms with Gasteiger partial charge >= 0.3 is 5.69 Å². The Morgan fingerprint density at radius 3 is 2.54 bits per heavy atom. The Balaban J connectivity index is 2.55. The van der Waals surface area contributed by atoms with Crippen LogP contribution in [0.5, 0.6) is 5.75 Å². The van der Waals surface area contributed by atoms with Crippen LogP contribution in [0.25, 0.3) is 0 Å². The number of aromatic nitrogens is 2. The number of nitrogens with two attached hydrogens (primary N) is 1. The number of nitrogen functional groups attached to an aromatic ring is 1. The molecule has 0 unspecified atom stereocenters. The van der Waals surface area contributed by atoms with E-state index in [1.165, 1.54) is 7.11 Å². The minimum atomic E-state index is -0.598. The Hall–Kier alpha value is -3.10. The van der Waals surface area contributed by atoms with E-state index < -0.39 is 4.92 Å². The number of nitro groups is 1. The molecular weight excluding hydrogens is 312 g/mol. The maximum absolute atomic E-state index is 11.4. The maximum atomic E-state index is 11.4. The zero-order valence-electron chi connectivity index (χ0n) is 13.8. The van der Waals surface area contributed by atoms with Gasteiger partial charge in [0.1, 0.15) is 5.75 Å². The zero-order chi connectivity index (χ0) is 17.7. The molecule has 3 N–H and O–H groups in total. The van der Waals surface area contributed by atoms with Crippen molar-refractivity contribution in [2.45, 2.75) is 13.8 Å². The van der Waals surface area contributed by atoms with E-state index in [1.54, 1.807) is 24.3 Å². The van der Waals surface area contributed by atoms with E-state index in [0.717, 1.165) is 0 Å². The van der Waals surface area contributed by atoms with Gasteiger partial charge in [-0.15, -0.1) is 0 Å². The van der Waals surface area contributed by atoms with Gasteiger partial charge in [-0.3, -0.25) is 10.1 Å². The third-order valence-electron chi connectivity index (χ3n) is 3.49. The average molecular weight is 332 g/mol. The van der Waals surface area contributed by atoms with Gasteiger partial charge < -0.3 is 20.7 Å². The lowest BCUT2D eigenvalue weighted by atomic mass is 10.3. The number of hydrogen-bond acceptors (Lipinski definition) is 8. The van der Waals surface area contributed by atoms with Gasteiger partial charge in [-0.1, -0.05) is 12.1 Å². The van der Waals surface area contributed by atoms with Gasteiger partial charge in [0.15, 0.2) is 0 Å². The summed E-state index contributed by atoms with van der Waals surface area (Å²) >= 11 is 0. The van der Waals surface area contributed by atoms with E-state index in [1.807, 2.05) is 18.7 Å². The van der Waals surface area contributed by atoms with Crippen LogP contribution in [0.1, 0.15) is 13.8 Å². The van der Waals surface area contributed by atoms with Crippen molar-refractivity contribution in [1.29, 1.82) is 0 Å². The van der Waals surface area contributed by atoms with Gasteiger partial charge in [-0.2, -0.15) is 9.97 Å². The molecule has 1 heterocycles. The Bertz CT molecular complexity index is 733. The number of hydrogen-bond donors (Lipinski definition) is 2. The number of rotatable bonds is 7. The summed E-state index contributed by atoms with van der Waals surface area (Å²) in [7, 11) is 1.52. The van der Waals surface area contributed by atoms with Crippen molar-refractivity contribution in [3.63, 3.8) is 0 Å². The first-order valence-electron chi connectivity index (χ1n) is 7.48. The van der Waals surface area contributed by atoms with Gasteiger partial charge in [0.2, 0.25) is 17.6 Å². The molecule has 2 rings (SSSR count). The van der Waals surface area contributed by atoms with Crippen LogP contribution in [0.15, 0.2) is 24.3 Å².